The molecule has 4 aliphatic rings. The number of hydrogen-bond donors (Lipinski definition) is 17. The minimum Gasteiger partial charge on any atom is -0.394 e. The van der Waals surface area contributed by atoms with Gasteiger partial charge in [-0.2, -0.15) is 0 Å². The first-order chi connectivity index (χ1) is 25.9. The summed E-state index contributed by atoms with van der Waals surface area (Å²) < 4.78 is 33.3. The lowest BCUT2D eigenvalue weighted by molar-refractivity contribution is -0.380. The lowest BCUT2D eigenvalue weighted by Gasteiger charge is -2.49. The smallest absolute Gasteiger partial charge is 0.187 e. The van der Waals surface area contributed by atoms with Crippen molar-refractivity contribution in [2.24, 2.45) is 0 Å². The van der Waals surface area contributed by atoms with Crippen molar-refractivity contribution < 1.29 is 115 Å². The van der Waals surface area contributed by atoms with E-state index >= 15 is 0 Å². The third kappa shape index (κ3) is 9.86. The molecule has 3 fully saturated rings. The van der Waals surface area contributed by atoms with Gasteiger partial charge in [0, 0.05) is 0 Å². The highest BCUT2D eigenvalue weighted by atomic mass is 16.8. The van der Waals surface area contributed by atoms with Gasteiger partial charge in [0.1, 0.15) is 104 Å². The summed E-state index contributed by atoms with van der Waals surface area (Å²) in [5.74, 6) is 0. The second kappa shape index (κ2) is 20.0. The summed E-state index contributed by atoms with van der Waals surface area (Å²) >= 11 is 0. The van der Waals surface area contributed by atoms with Crippen molar-refractivity contribution in [3.63, 3.8) is 0 Å². The highest BCUT2D eigenvalue weighted by molar-refractivity contribution is 5.56. The van der Waals surface area contributed by atoms with Crippen molar-refractivity contribution in [1.29, 1.82) is 0 Å². The molecule has 1 aliphatic carbocycles. The fraction of sp³-hybridized carbons (Fsp3) is 0.903. The Kier molecular flexibility index (Phi) is 16.8. The number of carbonyl (C=O) groups is 1. The first-order valence-electron chi connectivity index (χ1n) is 17.4. The molecule has 3 saturated heterocycles. The van der Waals surface area contributed by atoms with Crippen LogP contribution in [0.5, 0.6) is 0 Å². The van der Waals surface area contributed by atoms with Crippen LogP contribution in [-0.2, 0) is 33.2 Å². The summed E-state index contributed by atoms with van der Waals surface area (Å²) in [4.78, 5) is 11.0. The van der Waals surface area contributed by atoms with Gasteiger partial charge in [-0.3, -0.25) is 0 Å². The average molecular weight is 808 g/mol. The average Bonchev–Trinajstić information content (AvgIpc) is 3.18. The second-order valence-electron chi connectivity index (χ2n) is 13.8. The zero-order valence-electron chi connectivity index (χ0n) is 29.3. The number of ether oxygens (including phenoxy) is 6. The Hall–Kier alpha value is -1.51. The predicted octanol–water partition coefficient (Wildman–Crippen LogP) is -10.9. The van der Waals surface area contributed by atoms with Gasteiger partial charge in [0.15, 0.2) is 25.2 Å². The maximum atomic E-state index is 11.1. The third-order valence-corrected chi connectivity index (χ3v) is 10.1. The highest BCUT2D eigenvalue weighted by Crippen LogP contribution is 2.34. The number of rotatable bonds is 16. The molecule has 0 amide bonds. The number of aldehydes is 1. The molecule has 0 radical (unpaired) electrons. The van der Waals surface area contributed by atoms with Gasteiger partial charge < -0.3 is 120 Å². The fourth-order valence-corrected chi connectivity index (χ4v) is 6.84. The van der Waals surface area contributed by atoms with Crippen LogP contribution in [0.15, 0.2) is 11.6 Å². The number of aliphatic hydroxyl groups excluding tert-OH is 16. The van der Waals surface area contributed by atoms with Gasteiger partial charge in [-0.25, -0.2) is 0 Å². The van der Waals surface area contributed by atoms with E-state index in [0.29, 0.717) is 0 Å². The molecular formula is C31H53NO23. The molecule has 24 nitrogen and oxygen atoms in total. The summed E-state index contributed by atoms with van der Waals surface area (Å²) in [6.45, 7) is -2.17. The zero-order valence-corrected chi connectivity index (χ0v) is 29.3. The topological polar surface area (TPSA) is 408 Å². The molecular weight excluding hydrogens is 754 g/mol. The van der Waals surface area contributed by atoms with Crippen molar-refractivity contribution in [3.8, 4) is 0 Å². The lowest BCUT2D eigenvalue weighted by Crippen LogP contribution is -2.68. The number of hydrogen-bond acceptors (Lipinski definition) is 24. The van der Waals surface area contributed by atoms with Gasteiger partial charge in [-0.15, -0.1) is 0 Å². The minimum absolute atomic E-state index is 0.0114. The first-order valence-corrected chi connectivity index (χ1v) is 17.4. The SMILES string of the molecule is C[C@H]1O[C@H](O[C@H]2[C@H](O)[C@@H](O)[C@@H](O[C@H]3[C@H](O)[C@@H](O)[C@@H](O[C@@H]([C@H](O)[C@@H](O)C=O)[C@H](O)CO)O[C@@H]3CO)O[C@@H]2CO)[C@H](O)[C@@H](O)[C@@H]1N[C@H]1C=C(CO)[C@@H](O)[C@H](O)[C@H]1O. The van der Waals surface area contributed by atoms with Crippen molar-refractivity contribution in [2.75, 3.05) is 26.4 Å². The van der Waals surface area contributed by atoms with Crippen LogP contribution in [0, 0.1) is 0 Å². The molecule has 0 spiro atoms. The lowest BCUT2D eigenvalue weighted by atomic mass is 9.86. The Labute approximate surface area is 312 Å². The van der Waals surface area contributed by atoms with E-state index in [1.54, 1.807) is 0 Å². The van der Waals surface area contributed by atoms with Gasteiger partial charge in [0.25, 0.3) is 0 Å². The molecule has 55 heavy (non-hydrogen) atoms. The first kappa shape index (κ1) is 46.2. The van der Waals surface area contributed by atoms with Crippen LogP contribution in [0.4, 0.5) is 0 Å². The maximum absolute atomic E-state index is 11.1. The molecule has 0 aromatic rings. The van der Waals surface area contributed by atoms with Crippen LogP contribution < -0.4 is 5.32 Å². The van der Waals surface area contributed by atoms with Crippen molar-refractivity contribution in [3.05, 3.63) is 11.6 Å². The van der Waals surface area contributed by atoms with Crippen LogP contribution in [0.3, 0.4) is 0 Å². The van der Waals surface area contributed by atoms with Gasteiger partial charge in [-0.1, -0.05) is 6.08 Å². The second-order valence-corrected chi connectivity index (χ2v) is 13.8. The molecule has 3 aliphatic heterocycles. The molecule has 320 valence electrons. The van der Waals surface area contributed by atoms with Gasteiger partial charge in [0.05, 0.1) is 44.6 Å². The van der Waals surface area contributed by atoms with Crippen molar-refractivity contribution in [2.45, 2.75) is 148 Å². The Balaban J connectivity index is 1.42. The van der Waals surface area contributed by atoms with E-state index in [9.17, 15) is 86.5 Å². The van der Waals surface area contributed by atoms with Gasteiger partial charge in [-0.05, 0) is 12.5 Å². The minimum atomic E-state index is -2.16. The number of carbonyl (C=O) groups excluding carboxylic acids is 1. The largest absolute Gasteiger partial charge is 0.394 e. The summed E-state index contributed by atoms with van der Waals surface area (Å²) in [6, 6.07) is -2.28. The number of aliphatic hydroxyl groups is 16. The van der Waals surface area contributed by atoms with Crippen LogP contribution in [0.25, 0.3) is 0 Å². The Bertz CT molecular complexity index is 1230. The van der Waals surface area contributed by atoms with Crippen molar-refractivity contribution in [1.82, 2.24) is 5.32 Å². The molecule has 0 aromatic heterocycles. The molecule has 0 aromatic carbocycles. The summed E-state index contributed by atoms with van der Waals surface area (Å²) in [6.07, 6.45) is -37.2. The summed E-state index contributed by atoms with van der Waals surface area (Å²) in [7, 11) is 0. The Morgan fingerprint density at radius 2 is 1.22 bits per heavy atom. The molecule has 3 heterocycles. The van der Waals surface area contributed by atoms with E-state index in [4.69, 9.17) is 28.4 Å². The summed E-state index contributed by atoms with van der Waals surface area (Å²) in [5.41, 5.74) is -0.0114. The van der Waals surface area contributed by atoms with E-state index < -0.39 is 167 Å². The van der Waals surface area contributed by atoms with Crippen LogP contribution in [-0.4, -0.2) is 255 Å². The Morgan fingerprint density at radius 1 is 0.709 bits per heavy atom. The number of nitrogens with one attached hydrogen (secondary N) is 1. The maximum Gasteiger partial charge on any atom is 0.187 e. The van der Waals surface area contributed by atoms with E-state index in [1.165, 1.54) is 13.0 Å². The molecule has 0 unspecified atom stereocenters. The zero-order chi connectivity index (χ0) is 41.0. The summed E-state index contributed by atoms with van der Waals surface area (Å²) in [5, 5.41) is 168. The van der Waals surface area contributed by atoms with Crippen LogP contribution in [0.1, 0.15) is 6.92 Å². The molecule has 23 atom stereocenters. The van der Waals surface area contributed by atoms with E-state index in [1.807, 2.05) is 0 Å². The standard InChI is InChI=1S/C31H53NO23/c1-8-15(32-10-2-9(3-33)16(40)20(44)17(10)41)19(43)23(47)29(50-8)54-27-13(6-36)52-31(25(49)22(27)46)55-28-14(7-37)51-30(24(48)21(28)45)53-26(12(39)5-35)18(42)11(38)4-34/h2,4,8,10-33,35-49H,3,5-7H2,1H3/t8-,10+,11+,12-,13-,14-,15-,16-,17+,18-,19+,20+,21-,22-,23-,24-,25-,26-,27-,28-,29-,30-,31-/m1/s1. The van der Waals surface area contributed by atoms with E-state index in [2.05, 4.69) is 5.32 Å². The third-order valence-electron chi connectivity index (χ3n) is 10.1. The van der Waals surface area contributed by atoms with Crippen LogP contribution in [0.2, 0.25) is 0 Å². The molecule has 24 heteroatoms. The van der Waals surface area contributed by atoms with Crippen molar-refractivity contribution >= 4 is 6.29 Å². The normalized spacial score (nSPS) is 46.3. The molecule has 17 N–H and O–H groups in total. The fourth-order valence-electron chi connectivity index (χ4n) is 6.84. The molecule has 0 saturated carbocycles. The van der Waals surface area contributed by atoms with Gasteiger partial charge in [0.2, 0.25) is 0 Å². The van der Waals surface area contributed by atoms with Crippen LogP contribution >= 0.6 is 0 Å². The van der Waals surface area contributed by atoms with E-state index in [0.717, 1.165) is 0 Å². The monoisotopic (exact) mass is 807 g/mol. The Morgan fingerprint density at radius 3 is 1.73 bits per heavy atom. The van der Waals surface area contributed by atoms with Gasteiger partial charge >= 0.3 is 0 Å². The molecule has 4 rings (SSSR count). The quantitative estimate of drug-likeness (QED) is 0.0508. The molecule has 0 bridgehead atoms. The highest BCUT2D eigenvalue weighted by Gasteiger charge is 2.54. The predicted molar refractivity (Wildman–Crippen MR) is 172 cm³/mol. The van der Waals surface area contributed by atoms with E-state index in [-0.39, 0.29) is 11.9 Å².